The van der Waals surface area contributed by atoms with Crippen LogP contribution in [0.15, 0.2) is 77.7 Å². The van der Waals surface area contributed by atoms with Gasteiger partial charge in [-0.2, -0.15) is 0 Å². The molecule has 122 valence electrons. The van der Waals surface area contributed by atoms with Gasteiger partial charge >= 0.3 is 0 Å². The molecule has 2 aromatic carbocycles. The average molecular weight is 327 g/mol. The first kappa shape index (κ1) is 17.8. The molecule has 2 rings (SSSR count). The molecule has 3 atom stereocenters. The summed E-state index contributed by atoms with van der Waals surface area (Å²) < 4.78 is 0. The van der Waals surface area contributed by atoms with Crippen LogP contribution in [0.3, 0.4) is 0 Å². The number of nitrogens with one attached hydrogen (secondary N) is 1. The molecule has 0 radical (unpaired) electrons. The van der Waals surface area contributed by atoms with Gasteiger partial charge in [-0.05, 0) is 31.5 Å². The van der Waals surface area contributed by atoms with E-state index in [1.165, 1.54) is 10.5 Å². The summed E-state index contributed by atoms with van der Waals surface area (Å²) in [6, 6.07) is 20.8. The van der Waals surface area contributed by atoms with Crippen molar-refractivity contribution in [3.63, 3.8) is 0 Å². The fourth-order valence-electron chi connectivity index (χ4n) is 2.44. The molecule has 2 nitrogen and oxygen atoms in total. The molecule has 0 spiro atoms. The Hall–Kier alpha value is -1.55. The van der Waals surface area contributed by atoms with E-state index in [1.807, 2.05) is 55.5 Å². The number of thioether (sulfide) groups is 1. The second-order valence-corrected chi connectivity index (χ2v) is 6.64. The number of rotatable bonds is 8. The van der Waals surface area contributed by atoms with Crippen molar-refractivity contribution in [1.82, 2.24) is 5.32 Å². The van der Waals surface area contributed by atoms with Crippen LogP contribution >= 0.6 is 11.8 Å². The topological polar surface area (TPSA) is 32.3 Å². The van der Waals surface area contributed by atoms with Gasteiger partial charge in [0.25, 0.3) is 0 Å². The molecule has 0 aliphatic heterocycles. The highest BCUT2D eigenvalue weighted by Gasteiger charge is 2.19. The minimum absolute atomic E-state index is 0.00777. The Bertz CT molecular complexity index is 585. The lowest BCUT2D eigenvalue weighted by atomic mass is 10.1. The summed E-state index contributed by atoms with van der Waals surface area (Å²) >= 11 is 1.76. The number of hydrogen-bond donors (Lipinski definition) is 2. The Kier molecular flexibility index (Phi) is 7.40. The van der Waals surface area contributed by atoms with Crippen molar-refractivity contribution < 1.29 is 5.11 Å². The van der Waals surface area contributed by atoms with Crippen molar-refractivity contribution in [1.29, 1.82) is 0 Å². The Morgan fingerprint density at radius 3 is 2.26 bits per heavy atom. The van der Waals surface area contributed by atoms with E-state index in [9.17, 15) is 5.11 Å². The van der Waals surface area contributed by atoms with Crippen LogP contribution in [0.4, 0.5) is 0 Å². The van der Waals surface area contributed by atoms with Crippen LogP contribution in [-0.4, -0.2) is 23.0 Å². The van der Waals surface area contributed by atoms with Gasteiger partial charge in [0.05, 0.1) is 6.10 Å². The van der Waals surface area contributed by atoms with Crippen molar-refractivity contribution in [2.75, 3.05) is 5.75 Å². The van der Waals surface area contributed by atoms with E-state index in [0.29, 0.717) is 0 Å². The molecule has 0 saturated carbocycles. The van der Waals surface area contributed by atoms with Crippen LogP contribution in [0.2, 0.25) is 0 Å². The fraction of sp³-hybridized carbons (Fsp3) is 0.300. The first-order valence-electron chi connectivity index (χ1n) is 8.00. The molecular weight excluding hydrogens is 302 g/mol. The minimum Gasteiger partial charge on any atom is -0.387 e. The standard InChI is InChI=1S/C20H25NOS/c1-3-10-20(22)19(15-23-18-13-8-5-9-14-18)21-16(2)17-11-6-4-7-12-17/h3-14,16,19-22H,15H2,1-2H3/b10-3+/t16-,19-,20-/m1/s1. The van der Waals surface area contributed by atoms with E-state index in [2.05, 4.69) is 36.5 Å². The second-order valence-electron chi connectivity index (χ2n) is 5.55. The lowest BCUT2D eigenvalue weighted by molar-refractivity contribution is 0.175. The van der Waals surface area contributed by atoms with Crippen LogP contribution in [-0.2, 0) is 0 Å². The van der Waals surface area contributed by atoms with Crippen molar-refractivity contribution in [2.45, 2.75) is 36.9 Å². The molecule has 0 aromatic heterocycles. The summed E-state index contributed by atoms with van der Waals surface area (Å²) in [5, 5.41) is 14.0. The first-order chi connectivity index (χ1) is 11.2. The second kappa shape index (κ2) is 9.56. The summed E-state index contributed by atoms with van der Waals surface area (Å²) in [5.41, 5.74) is 1.23. The number of aliphatic hydroxyl groups is 1. The van der Waals surface area contributed by atoms with Crippen molar-refractivity contribution in [3.8, 4) is 0 Å². The Balaban J connectivity index is 2.02. The van der Waals surface area contributed by atoms with E-state index >= 15 is 0 Å². The van der Waals surface area contributed by atoms with Gasteiger partial charge in [-0.15, -0.1) is 11.8 Å². The van der Waals surface area contributed by atoms with Crippen LogP contribution < -0.4 is 5.32 Å². The highest BCUT2D eigenvalue weighted by molar-refractivity contribution is 7.99. The van der Waals surface area contributed by atoms with Crippen molar-refractivity contribution in [3.05, 3.63) is 78.4 Å². The first-order valence-corrected chi connectivity index (χ1v) is 8.99. The number of aliphatic hydroxyl groups excluding tert-OH is 1. The molecule has 0 fully saturated rings. The normalized spacial score (nSPS) is 15.4. The zero-order valence-electron chi connectivity index (χ0n) is 13.7. The van der Waals surface area contributed by atoms with E-state index < -0.39 is 6.10 Å². The van der Waals surface area contributed by atoms with E-state index in [0.717, 1.165) is 5.75 Å². The van der Waals surface area contributed by atoms with Crippen molar-refractivity contribution >= 4 is 11.8 Å². The third-order valence-corrected chi connectivity index (χ3v) is 4.87. The molecule has 2 N–H and O–H groups in total. The number of hydrogen-bond acceptors (Lipinski definition) is 3. The Labute approximate surface area is 143 Å². The van der Waals surface area contributed by atoms with Gasteiger partial charge in [0.15, 0.2) is 0 Å². The van der Waals surface area contributed by atoms with Crippen LogP contribution in [0.1, 0.15) is 25.5 Å². The molecule has 0 aliphatic rings. The van der Waals surface area contributed by atoms with Crippen LogP contribution in [0.25, 0.3) is 0 Å². The van der Waals surface area contributed by atoms with Crippen LogP contribution in [0.5, 0.6) is 0 Å². The number of benzene rings is 2. The fourth-order valence-corrected chi connectivity index (χ4v) is 3.45. The predicted molar refractivity (Wildman–Crippen MR) is 99.8 cm³/mol. The third kappa shape index (κ3) is 5.87. The molecule has 0 heterocycles. The van der Waals surface area contributed by atoms with Crippen LogP contribution in [0, 0.1) is 0 Å². The smallest absolute Gasteiger partial charge is 0.0882 e. The van der Waals surface area contributed by atoms with Gasteiger partial charge in [0, 0.05) is 22.7 Å². The Morgan fingerprint density at radius 2 is 1.65 bits per heavy atom. The highest BCUT2D eigenvalue weighted by atomic mass is 32.2. The van der Waals surface area contributed by atoms with Crippen molar-refractivity contribution in [2.24, 2.45) is 0 Å². The lowest BCUT2D eigenvalue weighted by Crippen LogP contribution is -2.42. The van der Waals surface area contributed by atoms with Gasteiger partial charge in [0.2, 0.25) is 0 Å². The van der Waals surface area contributed by atoms with Gasteiger partial charge in [-0.1, -0.05) is 60.7 Å². The monoisotopic (exact) mass is 327 g/mol. The molecule has 23 heavy (non-hydrogen) atoms. The summed E-state index contributed by atoms with van der Waals surface area (Å²) in [7, 11) is 0. The van der Waals surface area contributed by atoms with E-state index in [1.54, 1.807) is 11.8 Å². The third-order valence-electron chi connectivity index (χ3n) is 3.74. The zero-order chi connectivity index (χ0) is 16.5. The lowest BCUT2D eigenvalue weighted by Gasteiger charge is -2.26. The maximum absolute atomic E-state index is 10.4. The van der Waals surface area contributed by atoms with Gasteiger partial charge in [0.1, 0.15) is 0 Å². The molecule has 0 saturated heterocycles. The van der Waals surface area contributed by atoms with Gasteiger partial charge < -0.3 is 10.4 Å². The largest absolute Gasteiger partial charge is 0.387 e. The molecule has 0 unspecified atom stereocenters. The maximum Gasteiger partial charge on any atom is 0.0882 e. The maximum atomic E-state index is 10.4. The molecule has 0 aliphatic carbocycles. The quantitative estimate of drug-likeness (QED) is 0.555. The van der Waals surface area contributed by atoms with E-state index in [-0.39, 0.29) is 12.1 Å². The van der Waals surface area contributed by atoms with Gasteiger partial charge in [-0.25, -0.2) is 0 Å². The number of allylic oxidation sites excluding steroid dienone is 1. The molecule has 3 heteroatoms. The predicted octanol–water partition coefficient (Wildman–Crippen LogP) is 4.44. The average Bonchev–Trinajstić information content (AvgIpc) is 2.60. The molecule has 0 amide bonds. The summed E-state index contributed by atoms with van der Waals surface area (Å²) in [5.74, 6) is 0.812. The minimum atomic E-state index is -0.498. The molecular formula is C20H25NOS. The summed E-state index contributed by atoms with van der Waals surface area (Å²) in [4.78, 5) is 1.22. The van der Waals surface area contributed by atoms with E-state index in [4.69, 9.17) is 0 Å². The van der Waals surface area contributed by atoms with Gasteiger partial charge in [-0.3, -0.25) is 0 Å². The molecule has 2 aromatic rings. The molecule has 0 bridgehead atoms. The summed E-state index contributed by atoms with van der Waals surface area (Å²) in [6.45, 7) is 4.07. The summed E-state index contributed by atoms with van der Waals surface area (Å²) in [6.07, 6.45) is 3.25. The highest BCUT2D eigenvalue weighted by Crippen LogP contribution is 2.21. The SMILES string of the molecule is C/C=C/[C@@H](O)[C@@H](CSc1ccccc1)N[C@H](C)c1ccccc1. The zero-order valence-corrected chi connectivity index (χ0v) is 14.5. The Morgan fingerprint density at radius 1 is 1.04 bits per heavy atom.